The Morgan fingerprint density at radius 2 is 2.07 bits per heavy atom. The summed E-state index contributed by atoms with van der Waals surface area (Å²) >= 11 is 0. The van der Waals surface area contributed by atoms with Crippen LogP contribution in [0.5, 0.6) is 0 Å². The van der Waals surface area contributed by atoms with Crippen LogP contribution in [0.2, 0.25) is 0 Å². The molecule has 1 aromatic rings. The number of carbonyl (C=O) groups is 1. The van der Waals surface area contributed by atoms with Gasteiger partial charge in [-0.1, -0.05) is 0 Å². The van der Waals surface area contributed by atoms with E-state index in [0.717, 1.165) is 11.4 Å². The molecule has 0 spiro atoms. The van der Waals surface area contributed by atoms with Crippen LogP contribution in [-0.4, -0.2) is 27.9 Å². The minimum absolute atomic E-state index is 0.166. The molecule has 1 aliphatic rings. The van der Waals surface area contributed by atoms with Crippen molar-refractivity contribution in [3.8, 4) is 0 Å². The Balaban J connectivity index is 2.32. The Hall–Kier alpha value is -1.60. The zero-order chi connectivity index (χ0) is 10.3. The first kappa shape index (κ1) is 8.97. The maximum absolute atomic E-state index is 11.6. The van der Waals surface area contributed by atoms with Crippen molar-refractivity contribution in [1.82, 2.24) is 25.9 Å². The number of aromatic nitrogens is 2. The van der Waals surface area contributed by atoms with Crippen molar-refractivity contribution in [3.63, 3.8) is 0 Å². The van der Waals surface area contributed by atoms with Crippen molar-refractivity contribution in [3.05, 3.63) is 11.9 Å². The number of carbonyl (C=O) groups excluding carboxylic acids is 1. The number of nitrogens with zero attached hydrogens (tertiary/aromatic N) is 4. The first-order valence-corrected chi connectivity index (χ1v) is 4.19. The Kier molecular flexibility index (Phi) is 1.90. The van der Waals surface area contributed by atoms with Gasteiger partial charge < -0.3 is 0 Å². The van der Waals surface area contributed by atoms with E-state index in [1.54, 1.807) is 17.9 Å². The predicted octanol–water partition coefficient (Wildman–Crippen LogP) is -0.475. The smallest absolute Gasteiger partial charge is 0.271 e. The Bertz CT molecular complexity index is 372. The van der Waals surface area contributed by atoms with Gasteiger partial charge in [0.2, 0.25) is 0 Å². The summed E-state index contributed by atoms with van der Waals surface area (Å²) in [6, 6.07) is -0.166. The van der Waals surface area contributed by atoms with Crippen molar-refractivity contribution < 1.29 is 4.79 Å². The lowest BCUT2D eigenvalue weighted by Crippen LogP contribution is -2.38. The SMILES string of the molecule is Cc1c(N2NNN(C)C2=O)cnn1C. The number of anilines is 1. The van der Waals surface area contributed by atoms with Crippen molar-refractivity contribution in [2.75, 3.05) is 12.1 Å². The van der Waals surface area contributed by atoms with Crippen LogP contribution in [0, 0.1) is 6.92 Å². The molecule has 0 aromatic carbocycles. The molecule has 0 aliphatic carbocycles. The number of urea groups is 1. The van der Waals surface area contributed by atoms with Crippen LogP contribution in [0.4, 0.5) is 10.5 Å². The quantitative estimate of drug-likeness (QED) is 0.637. The number of aryl methyl sites for hydroxylation is 1. The molecule has 2 rings (SSSR count). The van der Waals surface area contributed by atoms with Gasteiger partial charge in [-0.05, 0) is 6.92 Å². The van der Waals surface area contributed by atoms with Gasteiger partial charge in [-0.3, -0.25) is 4.68 Å². The predicted molar refractivity (Wildman–Crippen MR) is 49.9 cm³/mol. The minimum Gasteiger partial charge on any atom is -0.271 e. The van der Waals surface area contributed by atoms with E-state index < -0.39 is 0 Å². The minimum atomic E-state index is -0.166. The number of amides is 2. The standard InChI is InChI=1S/C7H12N6O/c1-5-6(4-8-11(5)2)13-7(14)12(3)9-10-13/h4,9-10H,1-3H3. The third-order valence-corrected chi connectivity index (χ3v) is 2.26. The molecule has 7 heteroatoms. The summed E-state index contributed by atoms with van der Waals surface area (Å²) < 4.78 is 1.71. The van der Waals surface area contributed by atoms with Gasteiger partial charge in [0.25, 0.3) is 0 Å². The lowest BCUT2D eigenvalue weighted by atomic mass is 10.4. The number of rotatable bonds is 1. The molecule has 2 heterocycles. The van der Waals surface area contributed by atoms with Crippen LogP contribution < -0.4 is 16.1 Å². The van der Waals surface area contributed by atoms with E-state index in [1.807, 2.05) is 14.0 Å². The van der Waals surface area contributed by atoms with E-state index in [0.29, 0.717) is 0 Å². The second kappa shape index (κ2) is 2.96. The van der Waals surface area contributed by atoms with Gasteiger partial charge in [-0.15, -0.1) is 11.1 Å². The topological polar surface area (TPSA) is 65.4 Å². The molecule has 0 saturated carbocycles. The second-order valence-corrected chi connectivity index (χ2v) is 3.14. The van der Waals surface area contributed by atoms with Crippen LogP contribution in [0.1, 0.15) is 5.69 Å². The average Bonchev–Trinajstić information content (AvgIpc) is 2.63. The average molecular weight is 196 g/mol. The molecular weight excluding hydrogens is 184 g/mol. The molecule has 1 aromatic heterocycles. The van der Waals surface area contributed by atoms with E-state index in [-0.39, 0.29) is 6.03 Å². The fraction of sp³-hybridized carbons (Fsp3) is 0.429. The van der Waals surface area contributed by atoms with Crippen molar-refractivity contribution in [2.24, 2.45) is 7.05 Å². The normalized spacial score (nSPS) is 16.9. The summed E-state index contributed by atoms with van der Waals surface area (Å²) in [6.45, 7) is 1.90. The van der Waals surface area contributed by atoms with Gasteiger partial charge in [-0.25, -0.2) is 14.8 Å². The molecule has 2 N–H and O–H groups in total. The van der Waals surface area contributed by atoms with Crippen LogP contribution in [-0.2, 0) is 7.05 Å². The van der Waals surface area contributed by atoms with Crippen molar-refractivity contribution >= 4 is 11.7 Å². The maximum atomic E-state index is 11.6. The fourth-order valence-corrected chi connectivity index (χ4v) is 1.24. The third kappa shape index (κ3) is 1.14. The van der Waals surface area contributed by atoms with Gasteiger partial charge in [0.05, 0.1) is 11.9 Å². The highest BCUT2D eigenvalue weighted by molar-refractivity contribution is 5.92. The molecule has 0 atom stereocenters. The summed E-state index contributed by atoms with van der Waals surface area (Å²) in [6.07, 6.45) is 1.64. The van der Waals surface area contributed by atoms with Gasteiger partial charge in [-0.2, -0.15) is 5.10 Å². The summed E-state index contributed by atoms with van der Waals surface area (Å²) in [5, 5.41) is 6.82. The molecule has 1 saturated heterocycles. The van der Waals surface area contributed by atoms with Crippen LogP contribution in [0.25, 0.3) is 0 Å². The van der Waals surface area contributed by atoms with E-state index in [1.165, 1.54) is 10.0 Å². The second-order valence-electron chi connectivity index (χ2n) is 3.14. The molecule has 1 aliphatic heterocycles. The Labute approximate surface area is 81.2 Å². The molecule has 14 heavy (non-hydrogen) atoms. The first-order chi connectivity index (χ1) is 6.61. The van der Waals surface area contributed by atoms with E-state index in [9.17, 15) is 4.79 Å². The zero-order valence-corrected chi connectivity index (χ0v) is 8.27. The lowest BCUT2D eigenvalue weighted by molar-refractivity contribution is 0.214. The van der Waals surface area contributed by atoms with Crippen LogP contribution in [0.3, 0.4) is 0 Å². The highest BCUT2D eigenvalue weighted by Crippen LogP contribution is 2.18. The number of hydrazine groups is 3. The molecule has 1 fully saturated rings. The van der Waals surface area contributed by atoms with Crippen molar-refractivity contribution in [1.29, 1.82) is 0 Å². The monoisotopic (exact) mass is 196 g/mol. The van der Waals surface area contributed by atoms with Gasteiger partial charge >= 0.3 is 6.03 Å². The van der Waals surface area contributed by atoms with Gasteiger partial charge in [0.15, 0.2) is 0 Å². The number of nitrogens with one attached hydrogen (secondary N) is 2. The molecule has 2 amide bonds. The van der Waals surface area contributed by atoms with Crippen molar-refractivity contribution in [2.45, 2.75) is 6.92 Å². The summed E-state index contributed by atoms with van der Waals surface area (Å²) in [5.41, 5.74) is 7.07. The zero-order valence-electron chi connectivity index (χ0n) is 8.27. The number of hydrogen-bond acceptors (Lipinski definition) is 4. The van der Waals surface area contributed by atoms with E-state index in [4.69, 9.17) is 0 Å². The lowest BCUT2D eigenvalue weighted by Gasteiger charge is -2.12. The maximum Gasteiger partial charge on any atom is 0.355 e. The fourth-order valence-electron chi connectivity index (χ4n) is 1.24. The van der Waals surface area contributed by atoms with E-state index in [2.05, 4.69) is 16.2 Å². The molecule has 7 nitrogen and oxygen atoms in total. The summed E-state index contributed by atoms with van der Waals surface area (Å²) in [7, 11) is 3.47. The molecule has 0 radical (unpaired) electrons. The molecule has 76 valence electrons. The molecule has 0 bridgehead atoms. The Morgan fingerprint density at radius 3 is 2.50 bits per heavy atom. The largest absolute Gasteiger partial charge is 0.355 e. The highest BCUT2D eigenvalue weighted by Gasteiger charge is 2.28. The molecular formula is C7H12N6O. The Morgan fingerprint density at radius 1 is 1.36 bits per heavy atom. The first-order valence-electron chi connectivity index (χ1n) is 4.19. The van der Waals surface area contributed by atoms with Gasteiger partial charge in [0.1, 0.15) is 5.69 Å². The van der Waals surface area contributed by atoms with Crippen LogP contribution >= 0.6 is 0 Å². The summed E-state index contributed by atoms with van der Waals surface area (Å²) in [5.74, 6) is 0. The number of hydrogen-bond donors (Lipinski definition) is 2. The third-order valence-electron chi connectivity index (χ3n) is 2.26. The molecule has 0 unspecified atom stereocenters. The highest BCUT2D eigenvalue weighted by atomic mass is 16.2. The van der Waals surface area contributed by atoms with Gasteiger partial charge in [0, 0.05) is 14.1 Å². The summed E-state index contributed by atoms with van der Waals surface area (Å²) in [4.78, 5) is 11.6. The van der Waals surface area contributed by atoms with Crippen LogP contribution in [0.15, 0.2) is 6.20 Å². The van der Waals surface area contributed by atoms with E-state index >= 15 is 0 Å².